The van der Waals surface area contributed by atoms with E-state index in [1.165, 1.54) is 0 Å². The number of benzene rings is 2. The van der Waals surface area contributed by atoms with Crippen LogP contribution in [0.1, 0.15) is 24.9 Å². The van der Waals surface area contributed by atoms with Gasteiger partial charge in [0.05, 0.1) is 12.5 Å². The highest BCUT2D eigenvalue weighted by molar-refractivity contribution is 9.10. The van der Waals surface area contributed by atoms with Gasteiger partial charge in [0.1, 0.15) is 0 Å². The summed E-state index contributed by atoms with van der Waals surface area (Å²) in [6.07, 6.45) is 0.115. The zero-order chi connectivity index (χ0) is 15.2. The van der Waals surface area contributed by atoms with Crippen molar-refractivity contribution in [3.63, 3.8) is 0 Å². The summed E-state index contributed by atoms with van der Waals surface area (Å²) < 4.78 is 1.04. The monoisotopic (exact) mass is 347 g/mol. The zero-order valence-electron chi connectivity index (χ0n) is 11.9. The summed E-state index contributed by atoms with van der Waals surface area (Å²) in [7, 11) is 0. The number of nitrogens with zero attached hydrogens (tertiary/aromatic N) is 1. The van der Waals surface area contributed by atoms with Gasteiger partial charge in [-0.15, -0.1) is 0 Å². The fourth-order valence-corrected chi connectivity index (χ4v) is 2.98. The lowest BCUT2D eigenvalue weighted by Crippen LogP contribution is -2.29. The number of carbonyl (C=O) groups is 1. The Morgan fingerprint density at radius 2 is 1.76 bits per heavy atom. The second-order valence-corrected chi connectivity index (χ2v) is 5.72. The molecule has 0 spiro atoms. The molecule has 3 nitrogen and oxygen atoms in total. The number of carboxylic acids is 1. The van der Waals surface area contributed by atoms with Crippen molar-refractivity contribution in [2.24, 2.45) is 0 Å². The molecule has 2 aromatic carbocycles. The molecule has 1 atom stereocenters. The van der Waals surface area contributed by atoms with Gasteiger partial charge in [0.25, 0.3) is 0 Å². The van der Waals surface area contributed by atoms with Gasteiger partial charge < -0.3 is 10.0 Å². The van der Waals surface area contributed by atoms with Crippen molar-refractivity contribution in [3.8, 4) is 0 Å². The van der Waals surface area contributed by atoms with Crippen molar-refractivity contribution in [1.82, 2.24) is 0 Å². The van der Waals surface area contributed by atoms with Crippen molar-refractivity contribution in [1.29, 1.82) is 0 Å². The lowest BCUT2D eigenvalue weighted by Gasteiger charge is -2.32. The Kier molecular flexibility index (Phi) is 5.39. The van der Waals surface area contributed by atoms with Crippen LogP contribution in [0.25, 0.3) is 0 Å². The minimum atomic E-state index is -0.782. The van der Waals surface area contributed by atoms with E-state index < -0.39 is 5.97 Å². The van der Waals surface area contributed by atoms with Gasteiger partial charge in [-0.05, 0) is 30.7 Å². The van der Waals surface area contributed by atoms with Gasteiger partial charge in [-0.25, -0.2) is 0 Å². The number of rotatable bonds is 6. The third kappa shape index (κ3) is 4.08. The van der Waals surface area contributed by atoms with E-state index in [0.29, 0.717) is 6.54 Å². The standard InChI is InChI=1S/C17H18BrNO2/c1-13(15-9-5-6-10-16(15)18)19(12-11-17(20)21)14-7-3-2-4-8-14/h2-10,13H,11-12H2,1H3,(H,20,21). The SMILES string of the molecule is CC(c1ccccc1Br)N(CCC(=O)O)c1ccccc1. The summed E-state index contributed by atoms with van der Waals surface area (Å²) in [5, 5.41) is 8.98. The highest BCUT2D eigenvalue weighted by Gasteiger charge is 2.19. The molecule has 0 bridgehead atoms. The van der Waals surface area contributed by atoms with E-state index >= 15 is 0 Å². The molecule has 0 aliphatic rings. The smallest absolute Gasteiger partial charge is 0.305 e. The van der Waals surface area contributed by atoms with Gasteiger partial charge in [-0.3, -0.25) is 4.79 Å². The predicted molar refractivity (Wildman–Crippen MR) is 88.6 cm³/mol. The van der Waals surface area contributed by atoms with E-state index in [1.807, 2.05) is 48.5 Å². The second-order valence-electron chi connectivity index (χ2n) is 4.87. The molecule has 21 heavy (non-hydrogen) atoms. The Balaban J connectivity index is 2.30. The lowest BCUT2D eigenvalue weighted by molar-refractivity contribution is -0.136. The third-order valence-electron chi connectivity index (χ3n) is 3.48. The van der Waals surface area contributed by atoms with Crippen LogP contribution in [0.15, 0.2) is 59.1 Å². The van der Waals surface area contributed by atoms with Crippen LogP contribution in [0.3, 0.4) is 0 Å². The minimum Gasteiger partial charge on any atom is -0.481 e. The van der Waals surface area contributed by atoms with Crippen molar-refractivity contribution < 1.29 is 9.90 Å². The van der Waals surface area contributed by atoms with Crippen molar-refractivity contribution in [3.05, 3.63) is 64.6 Å². The number of anilines is 1. The maximum absolute atomic E-state index is 10.9. The number of hydrogen-bond acceptors (Lipinski definition) is 2. The molecular formula is C17H18BrNO2. The normalized spacial score (nSPS) is 11.9. The van der Waals surface area contributed by atoms with Crippen molar-refractivity contribution in [2.75, 3.05) is 11.4 Å². The number of hydrogen-bond donors (Lipinski definition) is 1. The third-order valence-corrected chi connectivity index (χ3v) is 4.20. The van der Waals surface area contributed by atoms with Crippen LogP contribution >= 0.6 is 15.9 Å². The van der Waals surface area contributed by atoms with Gasteiger partial charge >= 0.3 is 5.97 Å². The molecule has 0 amide bonds. The highest BCUT2D eigenvalue weighted by atomic mass is 79.9. The van der Waals surface area contributed by atoms with E-state index in [-0.39, 0.29) is 12.5 Å². The largest absolute Gasteiger partial charge is 0.481 e. The van der Waals surface area contributed by atoms with Crippen molar-refractivity contribution in [2.45, 2.75) is 19.4 Å². The van der Waals surface area contributed by atoms with E-state index in [1.54, 1.807) is 0 Å². The quantitative estimate of drug-likeness (QED) is 0.836. The maximum Gasteiger partial charge on any atom is 0.305 e. The fourth-order valence-electron chi connectivity index (χ4n) is 2.36. The molecule has 0 aliphatic heterocycles. The summed E-state index contributed by atoms with van der Waals surface area (Å²) in [4.78, 5) is 13.0. The first-order valence-corrected chi connectivity index (χ1v) is 7.67. The first kappa shape index (κ1) is 15.6. The fraction of sp³-hybridized carbons (Fsp3) is 0.235. The average molecular weight is 348 g/mol. The molecule has 0 aromatic heterocycles. The molecule has 0 radical (unpaired) electrons. The molecule has 110 valence electrons. The predicted octanol–water partition coefficient (Wildman–Crippen LogP) is 4.49. The Morgan fingerprint density at radius 1 is 1.14 bits per heavy atom. The maximum atomic E-state index is 10.9. The Hall–Kier alpha value is -1.81. The van der Waals surface area contributed by atoms with Gasteiger partial charge in [0.15, 0.2) is 0 Å². The summed E-state index contributed by atoms with van der Waals surface area (Å²) in [6, 6.07) is 18.0. The molecule has 0 saturated heterocycles. The van der Waals surface area contributed by atoms with Gasteiger partial charge in [0.2, 0.25) is 0 Å². The van der Waals surface area contributed by atoms with Crippen LogP contribution in [0, 0.1) is 0 Å². The summed E-state index contributed by atoms with van der Waals surface area (Å²) in [5.74, 6) is -0.782. The molecule has 2 rings (SSSR count). The highest BCUT2D eigenvalue weighted by Crippen LogP contribution is 2.31. The number of halogens is 1. The second kappa shape index (κ2) is 7.27. The lowest BCUT2D eigenvalue weighted by atomic mass is 10.1. The van der Waals surface area contributed by atoms with Crippen LogP contribution < -0.4 is 4.90 Å². The molecule has 1 N–H and O–H groups in total. The molecule has 2 aromatic rings. The van der Waals surface area contributed by atoms with Gasteiger partial charge in [-0.1, -0.05) is 52.3 Å². The summed E-state index contributed by atoms with van der Waals surface area (Å²) >= 11 is 3.57. The Bertz CT molecular complexity index is 601. The van der Waals surface area contributed by atoms with Crippen LogP contribution in [-0.4, -0.2) is 17.6 Å². The molecule has 4 heteroatoms. The van der Waals surface area contributed by atoms with E-state index in [0.717, 1.165) is 15.7 Å². The number of aliphatic carboxylic acids is 1. The van der Waals surface area contributed by atoms with E-state index in [9.17, 15) is 4.79 Å². The molecule has 1 unspecified atom stereocenters. The summed E-state index contributed by atoms with van der Waals surface area (Å²) in [5.41, 5.74) is 2.17. The van der Waals surface area contributed by atoms with Crippen LogP contribution in [0.2, 0.25) is 0 Å². The number of para-hydroxylation sites is 1. The average Bonchev–Trinajstić information content (AvgIpc) is 2.48. The minimum absolute atomic E-state index is 0.0855. The van der Waals surface area contributed by atoms with Crippen LogP contribution in [0.5, 0.6) is 0 Å². The first-order valence-electron chi connectivity index (χ1n) is 6.87. The first-order chi connectivity index (χ1) is 10.1. The topological polar surface area (TPSA) is 40.5 Å². The van der Waals surface area contributed by atoms with Gasteiger partial charge in [0, 0.05) is 16.7 Å². The number of carboxylic acid groups (broad SMARTS) is 1. The van der Waals surface area contributed by atoms with E-state index in [4.69, 9.17) is 5.11 Å². The van der Waals surface area contributed by atoms with E-state index in [2.05, 4.69) is 33.8 Å². The molecular weight excluding hydrogens is 330 g/mol. The Morgan fingerprint density at radius 3 is 2.38 bits per heavy atom. The van der Waals surface area contributed by atoms with Crippen LogP contribution in [0.4, 0.5) is 5.69 Å². The van der Waals surface area contributed by atoms with Crippen molar-refractivity contribution >= 4 is 27.6 Å². The van der Waals surface area contributed by atoms with Gasteiger partial charge in [-0.2, -0.15) is 0 Å². The molecule has 0 fully saturated rings. The molecule has 0 saturated carbocycles. The summed E-state index contributed by atoms with van der Waals surface area (Å²) in [6.45, 7) is 2.57. The molecule has 0 heterocycles. The Labute approximate surface area is 133 Å². The molecule has 0 aliphatic carbocycles. The van der Waals surface area contributed by atoms with Crippen LogP contribution in [-0.2, 0) is 4.79 Å². The zero-order valence-corrected chi connectivity index (χ0v) is 13.5.